The summed E-state index contributed by atoms with van der Waals surface area (Å²) in [5.41, 5.74) is 2.94. The molecule has 0 saturated carbocycles. The molecule has 8 rings (SSSR count). The van der Waals surface area contributed by atoms with E-state index in [1.54, 1.807) is 58.5 Å². The molecule has 4 amide bonds. The zero-order valence-corrected chi connectivity index (χ0v) is 22.8. The van der Waals surface area contributed by atoms with Crippen LogP contribution in [0.15, 0.2) is 94.2 Å². The monoisotopic (exact) mass is 562 g/mol. The summed E-state index contributed by atoms with van der Waals surface area (Å²) in [4.78, 5) is 59.3. The van der Waals surface area contributed by atoms with Gasteiger partial charge in [-0.05, 0) is 62.4 Å². The molecule has 0 spiro atoms. The topological polar surface area (TPSA) is 108 Å². The van der Waals surface area contributed by atoms with Crippen LogP contribution in [0.5, 0.6) is 0 Å². The minimum absolute atomic E-state index is 0.383. The summed E-state index contributed by atoms with van der Waals surface area (Å²) in [5.74, 6) is -2.48. The van der Waals surface area contributed by atoms with Crippen LogP contribution in [0.2, 0.25) is 0 Å². The maximum absolute atomic E-state index is 14.3. The van der Waals surface area contributed by atoms with E-state index in [-0.39, 0.29) is 11.8 Å². The van der Waals surface area contributed by atoms with E-state index in [0.29, 0.717) is 22.9 Å². The summed E-state index contributed by atoms with van der Waals surface area (Å²) in [5, 5.41) is 3.51. The molecule has 0 bridgehead atoms. The average molecular weight is 563 g/mol. The number of amides is 4. The summed E-state index contributed by atoms with van der Waals surface area (Å²) in [7, 11) is 0. The second-order valence-electron chi connectivity index (χ2n) is 11.3. The van der Waals surface area contributed by atoms with Crippen LogP contribution in [-0.2, 0) is 19.2 Å². The number of furan rings is 2. The maximum Gasteiger partial charge on any atom is 0.253 e. The summed E-state index contributed by atoms with van der Waals surface area (Å²) < 4.78 is 11.7. The van der Waals surface area contributed by atoms with Crippen LogP contribution < -0.4 is 9.80 Å². The number of carbonyl (C=O) groups is 4. The van der Waals surface area contributed by atoms with Crippen LogP contribution in [0.1, 0.15) is 34.7 Å². The number of benzene rings is 2. The molecule has 6 atom stereocenters. The Kier molecular flexibility index (Phi) is 5.26. The highest BCUT2D eigenvalue weighted by atomic mass is 16.3. The number of hydrazine groups is 1. The van der Waals surface area contributed by atoms with Gasteiger partial charge in [0.1, 0.15) is 23.6 Å². The Hall–Kier alpha value is -4.80. The van der Waals surface area contributed by atoms with Crippen molar-refractivity contribution in [2.75, 3.05) is 9.80 Å². The molecule has 2 aromatic heterocycles. The molecule has 4 aliphatic heterocycles. The second kappa shape index (κ2) is 8.85. The van der Waals surface area contributed by atoms with Gasteiger partial charge in [0, 0.05) is 0 Å². The number of rotatable bonds is 4. The molecular formula is C32H26N4O6. The van der Waals surface area contributed by atoms with Gasteiger partial charge in [0.25, 0.3) is 11.8 Å². The molecule has 2 aromatic carbocycles. The number of imide groups is 2. The molecule has 0 radical (unpaired) electrons. The number of carbonyl (C=O) groups excluding carboxylic acids is 4. The van der Waals surface area contributed by atoms with Crippen molar-refractivity contribution in [2.45, 2.75) is 38.0 Å². The lowest BCUT2D eigenvalue weighted by Gasteiger charge is -2.34. The van der Waals surface area contributed by atoms with Crippen LogP contribution in [0, 0.1) is 25.7 Å². The molecule has 210 valence electrons. The van der Waals surface area contributed by atoms with Gasteiger partial charge >= 0.3 is 0 Å². The minimum Gasteiger partial charge on any atom is -0.468 e. The molecule has 42 heavy (non-hydrogen) atoms. The number of anilines is 2. The molecule has 0 aliphatic carbocycles. The van der Waals surface area contributed by atoms with Gasteiger partial charge in [0.2, 0.25) is 11.8 Å². The number of aryl methyl sites for hydroxylation is 2. The van der Waals surface area contributed by atoms with Crippen LogP contribution in [0.3, 0.4) is 0 Å². The van der Waals surface area contributed by atoms with Crippen molar-refractivity contribution in [1.29, 1.82) is 0 Å². The first kappa shape index (κ1) is 25.0. The van der Waals surface area contributed by atoms with Gasteiger partial charge in [-0.2, -0.15) is 0 Å². The normalized spacial score (nSPS) is 29.1. The lowest BCUT2D eigenvalue weighted by Crippen LogP contribution is -2.50. The number of nitrogens with zero attached hydrogens (tertiary/aromatic N) is 4. The van der Waals surface area contributed by atoms with Crippen molar-refractivity contribution in [3.05, 3.63) is 108 Å². The first-order chi connectivity index (χ1) is 20.4. The zero-order valence-electron chi connectivity index (χ0n) is 22.8. The number of hydrogen-bond donors (Lipinski definition) is 0. The fourth-order valence-corrected chi connectivity index (χ4v) is 7.21. The predicted molar refractivity (Wildman–Crippen MR) is 148 cm³/mol. The SMILES string of the molecule is Cc1ccc(N2C(=O)[C@H]3[C@@H](C2=O)N2[C@H](c4ccco4)[C@H]4C(=O)N(c5ccc(C)cc5)C(=O)[C@H]4N2[C@@H]3c2ccco2)cc1. The standard InChI is InChI=1S/C32H26N4O6/c1-17-7-11-19(12-8-17)33-29(37)23-25(21-5-3-15-41-21)36-28-24(26(22-6-4-16-42-22)35(36)27(23)31(33)39)30(38)34(32(28)40)20-13-9-18(2)10-14-20/h3-16,23-28H,1-2H3/t23-,24-,25-,26-,27+,28+/m1/s1. The fourth-order valence-electron chi connectivity index (χ4n) is 7.21. The summed E-state index contributed by atoms with van der Waals surface area (Å²) in [6.07, 6.45) is 3.01. The van der Waals surface area contributed by atoms with Crippen LogP contribution in [0.25, 0.3) is 0 Å². The average Bonchev–Trinajstić information content (AvgIpc) is 3.81. The first-order valence-corrected chi connectivity index (χ1v) is 13.9. The van der Waals surface area contributed by atoms with E-state index in [2.05, 4.69) is 0 Å². The number of hydrogen-bond acceptors (Lipinski definition) is 8. The van der Waals surface area contributed by atoms with Crippen molar-refractivity contribution in [3.8, 4) is 0 Å². The molecule has 10 nitrogen and oxygen atoms in total. The Bertz CT molecular complexity index is 1600. The van der Waals surface area contributed by atoms with Crippen molar-refractivity contribution >= 4 is 35.0 Å². The first-order valence-electron chi connectivity index (χ1n) is 13.9. The van der Waals surface area contributed by atoms with Gasteiger partial charge in [0.15, 0.2) is 0 Å². The molecule has 10 heteroatoms. The van der Waals surface area contributed by atoms with Crippen LogP contribution in [0.4, 0.5) is 11.4 Å². The van der Waals surface area contributed by atoms with Crippen molar-refractivity contribution < 1.29 is 28.0 Å². The molecule has 6 heterocycles. The quantitative estimate of drug-likeness (QED) is 0.345. The minimum atomic E-state index is -0.969. The zero-order chi connectivity index (χ0) is 28.9. The van der Waals surface area contributed by atoms with E-state index in [1.165, 1.54) is 22.3 Å². The molecular weight excluding hydrogens is 536 g/mol. The van der Waals surface area contributed by atoms with Crippen molar-refractivity contribution in [1.82, 2.24) is 10.0 Å². The Labute approximate surface area is 240 Å². The second-order valence-corrected chi connectivity index (χ2v) is 11.3. The number of fused-ring (bicyclic) bond motifs is 5. The van der Waals surface area contributed by atoms with E-state index in [4.69, 9.17) is 8.83 Å². The highest BCUT2D eigenvalue weighted by Gasteiger charge is 2.74. The van der Waals surface area contributed by atoms with Gasteiger partial charge in [-0.3, -0.25) is 19.2 Å². The van der Waals surface area contributed by atoms with Crippen LogP contribution >= 0.6 is 0 Å². The molecule has 4 aliphatic rings. The summed E-state index contributed by atoms with van der Waals surface area (Å²) in [6, 6.07) is 17.8. The Morgan fingerprint density at radius 2 is 0.881 bits per heavy atom. The smallest absolute Gasteiger partial charge is 0.253 e. The molecule has 4 fully saturated rings. The maximum atomic E-state index is 14.3. The van der Waals surface area contributed by atoms with E-state index in [9.17, 15) is 19.2 Å². The molecule has 4 aromatic rings. The van der Waals surface area contributed by atoms with Gasteiger partial charge in [0.05, 0.1) is 47.8 Å². The van der Waals surface area contributed by atoms with Crippen molar-refractivity contribution in [2.24, 2.45) is 11.8 Å². The Morgan fingerprint density at radius 3 is 1.21 bits per heavy atom. The Morgan fingerprint density at radius 1 is 0.500 bits per heavy atom. The highest BCUT2D eigenvalue weighted by molar-refractivity contribution is 6.26. The predicted octanol–water partition coefficient (Wildman–Crippen LogP) is 3.93. The van der Waals surface area contributed by atoms with Gasteiger partial charge < -0.3 is 8.83 Å². The van der Waals surface area contributed by atoms with E-state index < -0.39 is 47.8 Å². The fraction of sp³-hybridized carbons (Fsp3) is 0.250. The molecule has 4 saturated heterocycles. The van der Waals surface area contributed by atoms with E-state index >= 15 is 0 Å². The lowest BCUT2D eigenvalue weighted by molar-refractivity contribution is -0.136. The van der Waals surface area contributed by atoms with Crippen LogP contribution in [-0.4, -0.2) is 45.7 Å². The molecule has 0 unspecified atom stereocenters. The summed E-state index contributed by atoms with van der Waals surface area (Å²) in [6.45, 7) is 3.86. The third-order valence-electron chi connectivity index (χ3n) is 8.98. The van der Waals surface area contributed by atoms with E-state index in [1.807, 2.05) is 38.1 Å². The Balaban J connectivity index is 1.30. The van der Waals surface area contributed by atoms with Gasteiger partial charge in [-0.25, -0.2) is 19.8 Å². The molecule has 0 N–H and O–H groups in total. The van der Waals surface area contributed by atoms with Gasteiger partial charge in [-0.1, -0.05) is 35.4 Å². The lowest BCUT2D eigenvalue weighted by atomic mass is 9.87. The third kappa shape index (κ3) is 3.21. The van der Waals surface area contributed by atoms with Gasteiger partial charge in [-0.15, -0.1) is 0 Å². The highest BCUT2D eigenvalue weighted by Crippen LogP contribution is 2.59. The third-order valence-corrected chi connectivity index (χ3v) is 8.98. The van der Waals surface area contributed by atoms with Crippen molar-refractivity contribution in [3.63, 3.8) is 0 Å². The summed E-state index contributed by atoms with van der Waals surface area (Å²) >= 11 is 0. The van der Waals surface area contributed by atoms with E-state index in [0.717, 1.165) is 11.1 Å². The largest absolute Gasteiger partial charge is 0.468 e.